The summed E-state index contributed by atoms with van der Waals surface area (Å²) < 4.78 is 0. The number of nitrogens with zero attached hydrogens (tertiary/aromatic N) is 2. The number of hydrogen-bond acceptors (Lipinski definition) is 4. The van der Waals surface area contributed by atoms with Crippen molar-refractivity contribution in [3.63, 3.8) is 0 Å². The third-order valence-electron chi connectivity index (χ3n) is 5.43. The molecule has 2 aromatic carbocycles. The molecule has 1 amide bonds. The maximum atomic E-state index is 12.6. The number of rotatable bonds is 3. The zero-order valence-corrected chi connectivity index (χ0v) is 16.8. The van der Waals surface area contributed by atoms with Crippen LogP contribution >= 0.6 is 11.3 Å². The highest BCUT2D eigenvalue weighted by Crippen LogP contribution is 2.42. The molecular formula is C23H18N2O3S. The molecule has 3 aromatic rings. The molecule has 2 aliphatic heterocycles. The third-order valence-corrected chi connectivity index (χ3v) is 6.60. The van der Waals surface area contributed by atoms with Crippen LogP contribution in [0.2, 0.25) is 0 Å². The van der Waals surface area contributed by atoms with E-state index in [1.54, 1.807) is 0 Å². The normalized spacial score (nSPS) is 17.3. The number of aryl methyl sites for hydroxylation is 1. The first-order valence-electron chi connectivity index (χ1n) is 9.42. The van der Waals surface area contributed by atoms with E-state index in [9.17, 15) is 14.7 Å². The topological polar surface area (TPSA) is 70.0 Å². The lowest BCUT2D eigenvalue weighted by Crippen LogP contribution is -2.44. The van der Waals surface area contributed by atoms with E-state index in [0.29, 0.717) is 17.1 Å². The zero-order valence-electron chi connectivity index (χ0n) is 16.0. The fourth-order valence-corrected chi connectivity index (χ4v) is 5.26. The molecule has 1 N–H and O–H groups in total. The second kappa shape index (κ2) is 6.39. The van der Waals surface area contributed by atoms with E-state index in [1.807, 2.05) is 61.2 Å². The maximum absolute atomic E-state index is 12.6. The number of hydrogen-bond donors (Lipinski definition) is 1. The average molecular weight is 402 g/mol. The predicted octanol–water partition coefficient (Wildman–Crippen LogP) is 4.77. The lowest BCUT2D eigenvalue weighted by molar-refractivity contribution is 0.0702. The Balaban J connectivity index is 1.70. The summed E-state index contributed by atoms with van der Waals surface area (Å²) in [6.07, 6.45) is 0.728. The van der Waals surface area contributed by atoms with Crippen LogP contribution in [0.25, 0.3) is 10.4 Å². The number of anilines is 1. The van der Waals surface area contributed by atoms with Crippen molar-refractivity contribution in [3.8, 4) is 10.4 Å². The molecule has 0 radical (unpaired) electrons. The van der Waals surface area contributed by atoms with Gasteiger partial charge in [0.15, 0.2) is 0 Å². The van der Waals surface area contributed by atoms with Gasteiger partial charge in [0.25, 0.3) is 5.91 Å². The average Bonchev–Trinajstić information content (AvgIpc) is 3.25. The highest BCUT2D eigenvalue weighted by molar-refractivity contribution is 7.18. The standard InChI is InChI=1S/C23H18N2O3S/c1-12-8-15-10-13(2)25(21-19(15)16(9-12)22(26)24-21)17-11-18(29-20(17)23(27)28)14-6-4-3-5-7-14/h3-9,11,13H,10H2,1-2H3,(H,27,28). The summed E-state index contributed by atoms with van der Waals surface area (Å²) in [4.78, 5) is 32.0. The van der Waals surface area contributed by atoms with Gasteiger partial charge in [0.2, 0.25) is 0 Å². The number of carbonyl (C=O) groups excluding carboxylic acids is 1. The monoisotopic (exact) mass is 402 g/mol. The number of benzene rings is 2. The Hall–Kier alpha value is -3.25. The number of carboxylic acids is 1. The fraction of sp³-hybridized carbons (Fsp3) is 0.174. The van der Waals surface area contributed by atoms with Crippen LogP contribution in [-0.2, 0) is 6.42 Å². The number of carboxylic acid groups (broad SMARTS) is 1. The second-order valence-corrected chi connectivity index (χ2v) is 8.56. The molecule has 1 aromatic heterocycles. The Morgan fingerprint density at radius 2 is 1.97 bits per heavy atom. The Bertz CT molecular complexity index is 1210. The van der Waals surface area contributed by atoms with Gasteiger partial charge in [-0.05, 0) is 43.5 Å². The van der Waals surface area contributed by atoms with Gasteiger partial charge < -0.3 is 10.0 Å². The molecule has 0 bridgehead atoms. The summed E-state index contributed by atoms with van der Waals surface area (Å²) in [6.45, 7) is 4.02. The molecule has 144 valence electrons. The number of thiophene rings is 1. The molecule has 0 saturated carbocycles. The van der Waals surface area contributed by atoms with Gasteiger partial charge in [-0.2, -0.15) is 4.99 Å². The summed E-state index contributed by atoms with van der Waals surface area (Å²) in [5, 5.41) is 9.88. The summed E-state index contributed by atoms with van der Waals surface area (Å²) in [6, 6.07) is 15.6. The molecule has 3 heterocycles. The van der Waals surface area contributed by atoms with Crippen LogP contribution < -0.4 is 4.90 Å². The molecule has 29 heavy (non-hydrogen) atoms. The number of aliphatic imine (C=N–C) groups is 1. The minimum Gasteiger partial charge on any atom is -0.477 e. The first kappa shape index (κ1) is 17.8. The molecular weight excluding hydrogens is 384 g/mol. The van der Waals surface area contributed by atoms with Crippen LogP contribution in [0.4, 0.5) is 5.69 Å². The van der Waals surface area contributed by atoms with E-state index in [1.165, 1.54) is 11.3 Å². The Morgan fingerprint density at radius 1 is 1.21 bits per heavy atom. The maximum Gasteiger partial charge on any atom is 0.348 e. The summed E-state index contributed by atoms with van der Waals surface area (Å²) in [5.41, 5.74) is 5.17. The molecule has 5 rings (SSSR count). The molecule has 1 atom stereocenters. The molecule has 0 aliphatic carbocycles. The molecule has 1 unspecified atom stereocenters. The quantitative estimate of drug-likeness (QED) is 0.685. The summed E-state index contributed by atoms with van der Waals surface area (Å²) in [7, 11) is 0. The third kappa shape index (κ3) is 2.71. The summed E-state index contributed by atoms with van der Waals surface area (Å²) in [5.74, 6) is -0.660. The van der Waals surface area contributed by atoms with Crippen molar-refractivity contribution in [3.05, 3.63) is 75.7 Å². The highest BCUT2D eigenvalue weighted by Gasteiger charge is 2.39. The highest BCUT2D eigenvalue weighted by atomic mass is 32.1. The van der Waals surface area contributed by atoms with E-state index in [0.717, 1.165) is 33.6 Å². The lowest BCUT2D eigenvalue weighted by atomic mass is 9.89. The van der Waals surface area contributed by atoms with Crippen molar-refractivity contribution in [1.29, 1.82) is 0 Å². The van der Waals surface area contributed by atoms with Gasteiger partial charge >= 0.3 is 5.97 Å². The smallest absolute Gasteiger partial charge is 0.348 e. The fourth-order valence-electron chi connectivity index (χ4n) is 4.27. The lowest BCUT2D eigenvalue weighted by Gasteiger charge is -2.36. The molecule has 0 fully saturated rings. The first-order valence-corrected chi connectivity index (χ1v) is 10.2. The first-order chi connectivity index (χ1) is 13.9. The zero-order chi connectivity index (χ0) is 20.3. The molecule has 0 saturated heterocycles. The van der Waals surface area contributed by atoms with Crippen molar-refractivity contribution in [2.75, 3.05) is 4.90 Å². The van der Waals surface area contributed by atoms with Gasteiger partial charge in [-0.25, -0.2) is 4.79 Å². The van der Waals surface area contributed by atoms with Crippen LogP contribution in [-0.4, -0.2) is 28.9 Å². The van der Waals surface area contributed by atoms with Crippen molar-refractivity contribution < 1.29 is 14.7 Å². The van der Waals surface area contributed by atoms with Gasteiger partial charge in [-0.3, -0.25) is 4.79 Å². The molecule has 0 spiro atoms. The van der Waals surface area contributed by atoms with E-state index in [4.69, 9.17) is 0 Å². The van der Waals surface area contributed by atoms with Gasteiger partial charge in [-0.15, -0.1) is 11.3 Å². The Morgan fingerprint density at radius 3 is 2.69 bits per heavy atom. The Labute approximate surface area is 172 Å². The van der Waals surface area contributed by atoms with E-state index >= 15 is 0 Å². The SMILES string of the molecule is Cc1cc2c3c(c1)C(=O)N=C3N(c1cc(-c3ccccc3)sc1C(=O)O)C(C)C2. The van der Waals surface area contributed by atoms with Crippen LogP contribution in [0.3, 0.4) is 0 Å². The minimum absolute atomic E-state index is 0.0156. The number of carbonyl (C=O) groups is 2. The van der Waals surface area contributed by atoms with Crippen molar-refractivity contribution >= 4 is 34.7 Å². The predicted molar refractivity (Wildman–Crippen MR) is 114 cm³/mol. The second-order valence-electron chi connectivity index (χ2n) is 7.51. The van der Waals surface area contributed by atoms with E-state index in [2.05, 4.69) is 11.1 Å². The van der Waals surface area contributed by atoms with Crippen LogP contribution in [0.5, 0.6) is 0 Å². The largest absolute Gasteiger partial charge is 0.477 e. The molecule has 5 nitrogen and oxygen atoms in total. The number of aromatic carboxylic acids is 1. The van der Waals surface area contributed by atoms with Crippen LogP contribution in [0, 0.1) is 6.92 Å². The van der Waals surface area contributed by atoms with Crippen LogP contribution in [0.15, 0.2) is 53.5 Å². The van der Waals surface area contributed by atoms with Gasteiger partial charge in [0, 0.05) is 16.5 Å². The van der Waals surface area contributed by atoms with Gasteiger partial charge in [0.05, 0.1) is 11.3 Å². The summed E-state index contributed by atoms with van der Waals surface area (Å²) >= 11 is 1.25. The molecule has 6 heteroatoms. The number of amidine groups is 1. The van der Waals surface area contributed by atoms with Gasteiger partial charge in [0.1, 0.15) is 10.7 Å². The van der Waals surface area contributed by atoms with Crippen molar-refractivity contribution in [2.45, 2.75) is 26.3 Å². The molecule has 2 aliphatic rings. The van der Waals surface area contributed by atoms with Gasteiger partial charge in [-0.1, -0.05) is 42.0 Å². The van der Waals surface area contributed by atoms with E-state index < -0.39 is 5.97 Å². The van der Waals surface area contributed by atoms with Crippen molar-refractivity contribution in [1.82, 2.24) is 0 Å². The minimum atomic E-state index is -0.973. The Kier molecular flexibility index (Phi) is 3.93. The number of amides is 1. The van der Waals surface area contributed by atoms with E-state index in [-0.39, 0.29) is 16.8 Å². The van der Waals surface area contributed by atoms with Crippen molar-refractivity contribution in [2.24, 2.45) is 4.99 Å². The van der Waals surface area contributed by atoms with Crippen LogP contribution in [0.1, 0.15) is 43.6 Å².